The van der Waals surface area contributed by atoms with E-state index in [0.717, 1.165) is 164 Å². The number of hydrogen-bond donors (Lipinski definition) is 0. The summed E-state index contributed by atoms with van der Waals surface area (Å²) in [6, 6.07) is 18.9. The number of rotatable bonds is 27. The largest absolute Gasteiger partial charge is 0.494 e. The van der Waals surface area contributed by atoms with Gasteiger partial charge in [0.2, 0.25) is 0 Å². The number of fused-ring (bicyclic) bond motifs is 5. The van der Waals surface area contributed by atoms with Crippen molar-refractivity contribution in [1.29, 1.82) is 0 Å². The molecule has 2 aliphatic carbocycles. The predicted octanol–water partition coefficient (Wildman–Crippen LogP) is 10.7. The van der Waals surface area contributed by atoms with Gasteiger partial charge in [0.1, 0.15) is 23.0 Å². The minimum absolute atomic E-state index is 0.212. The van der Waals surface area contributed by atoms with Gasteiger partial charge in [-0.3, -0.25) is 0 Å². The number of hydrogen-bond acceptors (Lipinski definition) is 10. The van der Waals surface area contributed by atoms with Crippen molar-refractivity contribution in [2.45, 2.75) is 103 Å². The van der Waals surface area contributed by atoms with Crippen molar-refractivity contribution in [3.8, 4) is 23.0 Å². The van der Waals surface area contributed by atoms with Crippen LogP contribution in [0.4, 0.5) is 0 Å². The van der Waals surface area contributed by atoms with Crippen molar-refractivity contribution in [1.82, 2.24) is 0 Å². The highest BCUT2D eigenvalue weighted by molar-refractivity contribution is 5.90. The summed E-state index contributed by atoms with van der Waals surface area (Å²) in [6.45, 7) is 12.2. The van der Waals surface area contributed by atoms with E-state index >= 15 is 0 Å². The van der Waals surface area contributed by atoms with E-state index in [0.29, 0.717) is 24.7 Å². The van der Waals surface area contributed by atoms with E-state index in [1.54, 1.807) is 24.3 Å². The molecule has 2 heterocycles. The lowest BCUT2D eigenvalue weighted by Gasteiger charge is -2.40. The Morgan fingerprint density at radius 2 is 1.05 bits per heavy atom. The van der Waals surface area contributed by atoms with Gasteiger partial charge in [0.05, 0.1) is 52.9 Å². The fourth-order valence-corrected chi connectivity index (χ4v) is 8.71. The molecular formula is C52H66O10. The van der Waals surface area contributed by atoms with Crippen molar-refractivity contribution < 1.29 is 47.5 Å². The molecule has 2 saturated heterocycles. The Hall–Kier alpha value is -4.48. The molecule has 0 radical (unpaired) electrons. The zero-order valence-electron chi connectivity index (χ0n) is 36.9. The van der Waals surface area contributed by atoms with E-state index in [1.807, 2.05) is 48.5 Å². The molecule has 334 valence electrons. The molecule has 10 nitrogen and oxygen atoms in total. The predicted molar refractivity (Wildman–Crippen MR) is 240 cm³/mol. The van der Waals surface area contributed by atoms with Crippen molar-refractivity contribution in [2.75, 3.05) is 66.1 Å². The third kappa shape index (κ3) is 13.0. The van der Waals surface area contributed by atoms with E-state index in [-0.39, 0.29) is 22.7 Å². The highest BCUT2D eigenvalue weighted by atomic mass is 16.5. The van der Waals surface area contributed by atoms with Crippen LogP contribution in [0.25, 0.3) is 12.2 Å². The van der Waals surface area contributed by atoms with E-state index in [9.17, 15) is 9.59 Å². The number of unbranched alkanes of at least 4 members (excludes halogenated alkanes) is 6. The van der Waals surface area contributed by atoms with Crippen molar-refractivity contribution >= 4 is 24.1 Å². The number of carbonyl (C=O) groups excluding carboxylic acids is 2. The van der Waals surface area contributed by atoms with Crippen LogP contribution in [0.5, 0.6) is 23.0 Å². The standard InChI is InChI=1S/C52H66O10/c1-3-52(37-58-38-52)36-56-29-9-5-7-11-31-60-44-22-14-40(15-23-44)17-27-48(54)62-46-25-24-45(49-41-18-19-42(32-41)50(46)49)61-47(53)26-16-39-12-20-43(21-13-39)59-30-10-6-4-8-28-55-33-51(2)34-57-35-51/h12-17,20-27,41-42H,3-11,18-19,28-38H2,1-2H3/b26-16+,27-17+. The summed E-state index contributed by atoms with van der Waals surface area (Å²) >= 11 is 0. The molecule has 3 aromatic rings. The molecule has 3 aromatic carbocycles. The van der Waals surface area contributed by atoms with Gasteiger partial charge in [0, 0.05) is 47.3 Å². The van der Waals surface area contributed by atoms with Crippen molar-refractivity contribution in [3.63, 3.8) is 0 Å². The first kappa shape index (κ1) is 45.5. The number of benzene rings is 3. The Morgan fingerprint density at radius 3 is 1.47 bits per heavy atom. The van der Waals surface area contributed by atoms with Crippen LogP contribution >= 0.6 is 0 Å². The summed E-state index contributed by atoms with van der Waals surface area (Å²) in [6.07, 6.45) is 19.1. The minimum Gasteiger partial charge on any atom is -0.494 e. The SMILES string of the molecule is CCC1(COCCCCCCOc2ccc(/C=C/C(=O)Oc3ccc(OC(=O)/C=C/c4ccc(OCCCCCCOCC5(C)COC5)cc4)c4c3C3CCC4C3)cc2)COC1. The molecule has 0 N–H and O–H groups in total. The first-order chi connectivity index (χ1) is 30.3. The lowest BCUT2D eigenvalue weighted by atomic mass is 9.84. The van der Waals surface area contributed by atoms with Crippen LogP contribution in [0, 0.1) is 10.8 Å². The van der Waals surface area contributed by atoms with Crippen LogP contribution in [0.2, 0.25) is 0 Å². The summed E-state index contributed by atoms with van der Waals surface area (Å²) in [4.78, 5) is 26.0. The van der Waals surface area contributed by atoms with Crippen LogP contribution in [0.1, 0.15) is 125 Å². The maximum atomic E-state index is 13.0. The van der Waals surface area contributed by atoms with Gasteiger partial charge >= 0.3 is 11.9 Å². The zero-order valence-corrected chi connectivity index (χ0v) is 36.9. The van der Waals surface area contributed by atoms with Gasteiger partial charge in [0.25, 0.3) is 0 Å². The average molecular weight is 851 g/mol. The molecule has 0 spiro atoms. The Labute approximate surface area is 368 Å². The smallest absolute Gasteiger partial charge is 0.336 e. The third-order valence-corrected chi connectivity index (χ3v) is 12.7. The summed E-state index contributed by atoms with van der Waals surface area (Å²) in [5.41, 5.74) is 4.20. The van der Waals surface area contributed by atoms with Crippen LogP contribution in [-0.4, -0.2) is 78.0 Å². The minimum atomic E-state index is -0.451. The van der Waals surface area contributed by atoms with Gasteiger partial charge < -0.3 is 37.9 Å². The van der Waals surface area contributed by atoms with E-state index in [2.05, 4.69) is 13.8 Å². The van der Waals surface area contributed by atoms with Crippen LogP contribution in [0.15, 0.2) is 72.8 Å². The second-order valence-corrected chi connectivity index (χ2v) is 18.0. The topological polar surface area (TPSA) is 108 Å². The maximum absolute atomic E-state index is 13.0. The zero-order chi connectivity index (χ0) is 43.0. The van der Waals surface area contributed by atoms with Gasteiger partial charge in [-0.1, -0.05) is 51.0 Å². The normalized spacial score (nSPS) is 19.3. The Balaban J connectivity index is 0.791. The van der Waals surface area contributed by atoms with Crippen molar-refractivity contribution in [2.24, 2.45) is 10.8 Å². The second kappa shape index (κ2) is 22.7. The summed E-state index contributed by atoms with van der Waals surface area (Å²) < 4.78 is 46.0. The van der Waals surface area contributed by atoms with E-state index in [4.69, 9.17) is 37.9 Å². The number of esters is 2. The second-order valence-electron chi connectivity index (χ2n) is 18.0. The van der Waals surface area contributed by atoms with Gasteiger partial charge in [0.15, 0.2) is 0 Å². The molecular weight excluding hydrogens is 785 g/mol. The number of ether oxygens (including phenoxy) is 8. The van der Waals surface area contributed by atoms with Gasteiger partial charge in [-0.15, -0.1) is 0 Å². The molecule has 2 atom stereocenters. The van der Waals surface area contributed by atoms with Gasteiger partial charge in [-0.2, -0.15) is 0 Å². The molecule has 7 rings (SSSR count). The van der Waals surface area contributed by atoms with Gasteiger partial charge in [-0.05, 0) is 136 Å². The van der Waals surface area contributed by atoms with Crippen LogP contribution in [-0.2, 0) is 28.5 Å². The first-order valence-electron chi connectivity index (χ1n) is 23.0. The van der Waals surface area contributed by atoms with Crippen LogP contribution < -0.4 is 18.9 Å². The number of carbonyl (C=O) groups is 2. The summed E-state index contributed by atoms with van der Waals surface area (Å²) in [5.74, 6) is 2.36. The van der Waals surface area contributed by atoms with E-state index < -0.39 is 11.9 Å². The van der Waals surface area contributed by atoms with Gasteiger partial charge in [-0.25, -0.2) is 9.59 Å². The molecule has 2 bridgehead atoms. The summed E-state index contributed by atoms with van der Waals surface area (Å²) in [7, 11) is 0. The quantitative estimate of drug-likeness (QED) is 0.0318. The summed E-state index contributed by atoms with van der Waals surface area (Å²) in [5, 5.41) is 0. The van der Waals surface area contributed by atoms with Crippen molar-refractivity contribution in [3.05, 3.63) is 95.1 Å². The first-order valence-corrected chi connectivity index (χ1v) is 23.0. The fourth-order valence-electron chi connectivity index (χ4n) is 8.71. The lowest BCUT2D eigenvalue weighted by molar-refractivity contribution is -0.150. The molecule has 62 heavy (non-hydrogen) atoms. The van der Waals surface area contributed by atoms with E-state index in [1.165, 1.54) is 12.2 Å². The molecule has 2 aliphatic heterocycles. The molecule has 3 fully saturated rings. The molecule has 2 unspecified atom stereocenters. The highest BCUT2D eigenvalue weighted by Gasteiger charge is 2.42. The molecule has 10 heteroatoms. The Kier molecular flexibility index (Phi) is 16.7. The molecule has 4 aliphatic rings. The third-order valence-electron chi connectivity index (χ3n) is 12.7. The molecule has 1 saturated carbocycles. The fraction of sp³-hybridized carbons (Fsp3) is 0.538. The average Bonchev–Trinajstić information content (AvgIpc) is 3.89. The molecule has 0 amide bonds. The highest BCUT2D eigenvalue weighted by Crippen LogP contribution is 2.58. The lowest BCUT2D eigenvalue weighted by Crippen LogP contribution is -2.45. The monoisotopic (exact) mass is 850 g/mol. The Bertz CT molecular complexity index is 1940. The Morgan fingerprint density at radius 1 is 0.597 bits per heavy atom. The molecule has 0 aromatic heterocycles. The van der Waals surface area contributed by atoms with Crippen LogP contribution in [0.3, 0.4) is 0 Å². The maximum Gasteiger partial charge on any atom is 0.336 e.